The van der Waals surface area contributed by atoms with E-state index in [4.69, 9.17) is 23.8 Å². The molecule has 0 aliphatic carbocycles. The van der Waals surface area contributed by atoms with Crippen molar-refractivity contribution in [1.82, 2.24) is 9.97 Å². The molecular formula is C15H11ClFN3OS. The average molecular weight is 336 g/mol. The molecule has 3 aromatic rings. The van der Waals surface area contributed by atoms with Gasteiger partial charge in [0.1, 0.15) is 5.82 Å². The van der Waals surface area contributed by atoms with Gasteiger partial charge in [0.25, 0.3) is 5.91 Å². The summed E-state index contributed by atoms with van der Waals surface area (Å²) in [6.45, 7) is 1.87. The lowest BCUT2D eigenvalue weighted by molar-refractivity contribution is 0.102. The Labute approximate surface area is 135 Å². The molecule has 1 heterocycles. The first-order valence-electron chi connectivity index (χ1n) is 6.43. The standard InChI is InChI=1S/C15H11ClFN3OS/c1-7-2-3-9(6-11(7)16)18-14(21)10-4-8(17)5-12-13(10)20-15(22)19-12/h2-6H,1H3,(H,18,21)(H2,19,20,22). The van der Waals surface area contributed by atoms with Crippen LogP contribution >= 0.6 is 23.8 Å². The fraction of sp³-hybridized carbons (Fsp3) is 0.0667. The fourth-order valence-electron chi connectivity index (χ4n) is 2.16. The third-order valence-electron chi connectivity index (χ3n) is 3.26. The number of aromatic nitrogens is 2. The number of anilines is 1. The molecule has 1 aromatic heterocycles. The van der Waals surface area contributed by atoms with E-state index in [0.717, 1.165) is 11.6 Å². The van der Waals surface area contributed by atoms with Gasteiger partial charge < -0.3 is 15.3 Å². The van der Waals surface area contributed by atoms with Crippen LogP contribution in [0.25, 0.3) is 11.0 Å². The number of nitrogens with one attached hydrogen (secondary N) is 3. The first kappa shape index (κ1) is 14.7. The largest absolute Gasteiger partial charge is 0.331 e. The maximum absolute atomic E-state index is 13.7. The topological polar surface area (TPSA) is 60.7 Å². The van der Waals surface area contributed by atoms with E-state index in [-0.39, 0.29) is 5.56 Å². The monoisotopic (exact) mass is 335 g/mol. The molecule has 0 spiro atoms. The van der Waals surface area contributed by atoms with Gasteiger partial charge in [0, 0.05) is 10.7 Å². The van der Waals surface area contributed by atoms with Crippen molar-refractivity contribution in [2.75, 3.05) is 5.32 Å². The number of rotatable bonds is 2. The van der Waals surface area contributed by atoms with Gasteiger partial charge in [-0.1, -0.05) is 17.7 Å². The number of benzene rings is 2. The Morgan fingerprint density at radius 3 is 2.77 bits per heavy atom. The van der Waals surface area contributed by atoms with E-state index in [0.29, 0.717) is 26.5 Å². The van der Waals surface area contributed by atoms with Crippen LogP contribution in [0.3, 0.4) is 0 Å². The lowest BCUT2D eigenvalue weighted by Crippen LogP contribution is -2.13. The summed E-state index contributed by atoms with van der Waals surface area (Å²) in [5, 5.41) is 3.24. The summed E-state index contributed by atoms with van der Waals surface area (Å²) in [5.41, 5.74) is 2.51. The molecule has 3 N–H and O–H groups in total. The van der Waals surface area contributed by atoms with Crippen molar-refractivity contribution in [3.05, 3.63) is 57.1 Å². The summed E-state index contributed by atoms with van der Waals surface area (Å²) in [4.78, 5) is 18.0. The van der Waals surface area contributed by atoms with Gasteiger partial charge in [0.05, 0.1) is 16.6 Å². The normalized spacial score (nSPS) is 10.9. The highest BCUT2D eigenvalue weighted by molar-refractivity contribution is 7.71. The minimum Gasteiger partial charge on any atom is -0.331 e. The van der Waals surface area contributed by atoms with Crippen LogP contribution in [0.2, 0.25) is 5.02 Å². The van der Waals surface area contributed by atoms with Crippen LogP contribution in [0.5, 0.6) is 0 Å². The molecule has 0 saturated heterocycles. The van der Waals surface area contributed by atoms with E-state index in [1.807, 2.05) is 6.92 Å². The summed E-state index contributed by atoms with van der Waals surface area (Å²) >= 11 is 11.0. The van der Waals surface area contributed by atoms with Crippen molar-refractivity contribution >= 4 is 46.4 Å². The van der Waals surface area contributed by atoms with E-state index in [1.54, 1.807) is 18.2 Å². The maximum atomic E-state index is 13.7. The summed E-state index contributed by atoms with van der Waals surface area (Å²) < 4.78 is 14.0. The summed E-state index contributed by atoms with van der Waals surface area (Å²) in [7, 11) is 0. The van der Waals surface area contributed by atoms with Gasteiger partial charge in [0.15, 0.2) is 4.77 Å². The number of carbonyl (C=O) groups excluding carboxylic acids is 1. The van der Waals surface area contributed by atoms with Crippen LogP contribution in [0, 0.1) is 17.5 Å². The molecule has 0 unspecified atom stereocenters. The molecule has 7 heteroatoms. The van der Waals surface area contributed by atoms with Gasteiger partial charge in [-0.2, -0.15) is 0 Å². The number of imidazole rings is 1. The Bertz CT molecular complexity index is 948. The number of H-pyrrole nitrogens is 2. The van der Waals surface area contributed by atoms with Gasteiger partial charge in [-0.3, -0.25) is 4.79 Å². The molecule has 1 amide bonds. The third-order valence-corrected chi connectivity index (χ3v) is 3.88. The van der Waals surface area contributed by atoms with Crippen LogP contribution < -0.4 is 5.32 Å². The molecule has 0 radical (unpaired) electrons. The zero-order valence-electron chi connectivity index (χ0n) is 11.5. The quantitative estimate of drug-likeness (QED) is 0.600. The first-order chi connectivity index (χ1) is 10.4. The van der Waals surface area contributed by atoms with Crippen molar-refractivity contribution in [3.8, 4) is 0 Å². The van der Waals surface area contributed by atoms with E-state index in [9.17, 15) is 9.18 Å². The Morgan fingerprint density at radius 2 is 2.05 bits per heavy atom. The Kier molecular flexibility index (Phi) is 3.72. The molecule has 22 heavy (non-hydrogen) atoms. The van der Waals surface area contributed by atoms with Crippen LogP contribution in [0.4, 0.5) is 10.1 Å². The van der Waals surface area contributed by atoms with Gasteiger partial charge in [-0.15, -0.1) is 0 Å². The third kappa shape index (κ3) is 2.75. The van der Waals surface area contributed by atoms with Crippen LogP contribution in [0.1, 0.15) is 15.9 Å². The zero-order valence-corrected chi connectivity index (χ0v) is 13.0. The summed E-state index contributed by atoms with van der Waals surface area (Å²) in [6, 6.07) is 7.61. The lowest BCUT2D eigenvalue weighted by atomic mass is 10.1. The number of aromatic amines is 2. The number of aryl methyl sites for hydroxylation is 1. The smallest absolute Gasteiger partial charge is 0.257 e. The van der Waals surface area contributed by atoms with E-state index < -0.39 is 11.7 Å². The number of carbonyl (C=O) groups is 1. The van der Waals surface area contributed by atoms with Crippen molar-refractivity contribution in [3.63, 3.8) is 0 Å². The second-order valence-electron chi connectivity index (χ2n) is 4.87. The lowest BCUT2D eigenvalue weighted by Gasteiger charge is -2.08. The van der Waals surface area contributed by atoms with Crippen LogP contribution in [-0.2, 0) is 0 Å². The molecule has 0 fully saturated rings. The molecule has 0 aliphatic rings. The highest BCUT2D eigenvalue weighted by Crippen LogP contribution is 2.22. The number of fused-ring (bicyclic) bond motifs is 1. The SMILES string of the molecule is Cc1ccc(NC(=O)c2cc(F)cc3[nH]c(=S)[nH]c23)cc1Cl. The molecule has 4 nitrogen and oxygen atoms in total. The number of hydrogen-bond acceptors (Lipinski definition) is 2. The predicted octanol–water partition coefficient (Wildman–Crippen LogP) is 4.58. The highest BCUT2D eigenvalue weighted by atomic mass is 35.5. The van der Waals surface area contributed by atoms with Gasteiger partial charge in [0.2, 0.25) is 0 Å². The maximum Gasteiger partial charge on any atom is 0.257 e. The number of amides is 1. The van der Waals surface area contributed by atoms with Crippen molar-refractivity contribution in [2.45, 2.75) is 6.92 Å². The fourth-order valence-corrected chi connectivity index (χ4v) is 2.55. The number of hydrogen-bond donors (Lipinski definition) is 3. The second-order valence-corrected chi connectivity index (χ2v) is 5.69. The molecule has 112 valence electrons. The summed E-state index contributed by atoms with van der Waals surface area (Å²) in [5.74, 6) is -0.973. The molecule has 0 saturated carbocycles. The molecule has 3 rings (SSSR count). The van der Waals surface area contributed by atoms with E-state index >= 15 is 0 Å². The van der Waals surface area contributed by atoms with Crippen LogP contribution in [0.15, 0.2) is 30.3 Å². The number of halogens is 2. The highest BCUT2D eigenvalue weighted by Gasteiger charge is 2.14. The van der Waals surface area contributed by atoms with Gasteiger partial charge in [-0.25, -0.2) is 4.39 Å². The predicted molar refractivity (Wildman–Crippen MR) is 87.6 cm³/mol. The molecule has 2 aromatic carbocycles. The van der Waals surface area contributed by atoms with Crippen LogP contribution in [-0.4, -0.2) is 15.9 Å². The molecule has 0 aliphatic heterocycles. The van der Waals surface area contributed by atoms with E-state index in [1.165, 1.54) is 6.07 Å². The second kappa shape index (κ2) is 5.55. The van der Waals surface area contributed by atoms with Gasteiger partial charge >= 0.3 is 0 Å². The zero-order chi connectivity index (χ0) is 15.9. The minimum absolute atomic E-state index is 0.166. The Balaban J connectivity index is 2.01. The molecule has 0 bridgehead atoms. The van der Waals surface area contributed by atoms with E-state index in [2.05, 4.69) is 15.3 Å². The van der Waals surface area contributed by atoms with Crippen molar-refractivity contribution in [2.24, 2.45) is 0 Å². The van der Waals surface area contributed by atoms with Crippen molar-refractivity contribution in [1.29, 1.82) is 0 Å². The minimum atomic E-state index is -0.523. The average Bonchev–Trinajstić information content (AvgIpc) is 2.82. The first-order valence-corrected chi connectivity index (χ1v) is 7.22. The Hall–Kier alpha value is -2.18. The molecule has 0 atom stereocenters. The Morgan fingerprint density at radius 1 is 1.27 bits per heavy atom. The summed E-state index contributed by atoms with van der Waals surface area (Å²) in [6.07, 6.45) is 0. The molecular weight excluding hydrogens is 325 g/mol. The van der Waals surface area contributed by atoms with Crippen molar-refractivity contribution < 1.29 is 9.18 Å². The van der Waals surface area contributed by atoms with Gasteiger partial charge in [-0.05, 0) is 49.0 Å².